The van der Waals surface area contributed by atoms with Crippen molar-refractivity contribution < 1.29 is 9.18 Å². The zero-order valence-corrected chi connectivity index (χ0v) is 17.8. The normalized spacial score (nSPS) is 16.4. The summed E-state index contributed by atoms with van der Waals surface area (Å²) in [5.41, 5.74) is 4.10. The molecule has 1 amide bonds. The maximum Gasteiger partial charge on any atom is 0.227 e. The van der Waals surface area contributed by atoms with Gasteiger partial charge in [0, 0.05) is 35.2 Å². The second-order valence-corrected chi connectivity index (χ2v) is 8.33. The number of halogens is 2. The van der Waals surface area contributed by atoms with Crippen molar-refractivity contribution in [3.05, 3.63) is 94.5 Å². The van der Waals surface area contributed by atoms with Crippen LogP contribution in [0.4, 0.5) is 10.1 Å². The van der Waals surface area contributed by atoms with E-state index in [9.17, 15) is 9.18 Å². The number of nitrogens with zero attached hydrogens (tertiary/aromatic N) is 3. The number of carbonyl (C=O) groups is 1. The summed E-state index contributed by atoms with van der Waals surface area (Å²) in [7, 11) is 0. The Morgan fingerprint density at radius 2 is 1.84 bits per heavy atom. The van der Waals surface area contributed by atoms with Gasteiger partial charge in [-0.05, 0) is 42.8 Å². The van der Waals surface area contributed by atoms with E-state index < -0.39 is 0 Å². The Balaban J connectivity index is 1.55. The van der Waals surface area contributed by atoms with Gasteiger partial charge in [0.05, 0.1) is 17.6 Å². The number of rotatable bonds is 4. The van der Waals surface area contributed by atoms with E-state index in [0.717, 1.165) is 28.1 Å². The van der Waals surface area contributed by atoms with Crippen LogP contribution in [0.2, 0.25) is 5.02 Å². The van der Waals surface area contributed by atoms with Crippen LogP contribution in [0, 0.1) is 12.7 Å². The highest BCUT2D eigenvalue weighted by Gasteiger charge is 2.35. The molecule has 3 aromatic carbocycles. The maximum absolute atomic E-state index is 14.4. The molecule has 1 aromatic heterocycles. The molecule has 4 aromatic rings. The summed E-state index contributed by atoms with van der Waals surface area (Å²) in [4.78, 5) is 19.6. The molecule has 5 rings (SSSR count). The standard InChI is InChI=1S/C25H21ClFN3O/c1-16-19(26)8-6-12-22(16)29-15-18(13-24(29)31)25-28-21-10-4-5-11-23(21)30(25)14-17-7-2-3-9-20(17)27/h2-12,18H,13-15H2,1H3/t18-/m1/s1. The first kappa shape index (κ1) is 19.8. The number of fused-ring (bicyclic) bond motifs is 1. The molecule has 2 heterocycles. The number of hydrogen-bond donors (Lipinski definition) is 0. The third kappa shape index (κ3) is 3.49. The quantitative estimate of drug-likeness (QED) is 0.413. The molecule has 0 saturated carbocycles. The summed E-state index contributed by atoms with van der Waals surface area (Å²) < 4.78 is 16.5. The molecule has 0 bridgehead atoms. The first-order valence-corrected chi connectivity index (χ1v) is 10.6. The van der Waals surface area contributed by atoms with Crippen LogP contribution >= 0.6 is 11.6 Å². The smallest absolute Gasteiger partial charge is 0.227 e. The van der Waals surface area contributed by atoms with Crippen molar-refractivity contribution in [1.29, 1.82) is 0 Å². The highest BCUT2D eigenvalue weighted by atomic mass is 35.5. The van der Waals surface area contributed by atoms with Crippen LogP contribution in [0.15, 0.2) is 66.7 Å². The minimum Gasteiger partial charge on any atom is -0.323 e. The molecule has 0 radical (unpaired) electrons. The van der Waals surface area contributed by atoms with Crippen LogP contribution < -0.4 is 4.90 Å². The van der Waals surface area contributed by atoms with Crippen LogP contribution in [0.25, 0.3) is 11.0 Å². The zero-order valence-electron chi connectivity index (χ0n) is 17.1. The predicted octanol–water partition coefficient (Wildman–Crippen LogP) is 5.71. The lowest BCUT2D eigenvalue weighted by Gasteiger charge is -2.20. The zero-order chi connectivity index (χ0) is 21.5. The van der Waals surface area contributed by atoms with E-state index in [2.05, 4.69) is 0 Å². The van der Waals surface area contributed by atoms with Crippen molar-refractivity contribution in [3.63, 3.8) is 0 Å². The van der Waals surface area contributed by atoms with Gasteiger partial charge < -0.3 is 9.47 Å². The number of carbonyl (C=O) groups excluding carboxylic acids is 1. The Hall–Kier alpha value is -3.18. The van der Waals surface area contributed by atoms with Crippen molar-refractivity contribution in [1.82, 2.24) is 9.55 Å². The molecule has 156 valence electrons. The number of imidazole rings is 1. The number of aromatic nitrogens is 2. The molecular weight excluding hydrogens is 413 g/mol. The highest BCUT2D eigenvalue weighted by Crippen LogP contribution is 2.36. The van der Waals surface area contributed by atoms with Gasteiger partial charge in [-0.3, -0.25) is 4.79 Å². The fraction of sp³-hybridized carbons (Fsp3) is 0.200. The summed E-state index contributed by atoms with van der Waals surface area (Å²) in [5, 5.41) is 0.639. The molecule has 31 heavy (non-hydrogen) atoms. The number of anilines is 1. The van der Waals surface area contributed by atoms with Crippen LogP contribution in [0.1, 0.15) is 29.3 Å². The molecular formula is C25H21ClFN3O. The number of benzene rings is 3. The summed E-state index contributed by atoms with van der Waals surface area (Å²) >= 11 is 6.29. The third-order valence-electron chi connectivity index (χ3n) is 5.99. The number of hydrogen-bond acceptors (Lipinski definition) is 2. The van der Waals surface area contributed by atoms with Crippen molar-refractivity contribution in [3.8, 4) is 0 Å². The second-order valence-electron chi connectivity index (χ2n) is 7.93. The van der Waals surface area contributed by atoms with Gasteiger partial charge in [0.25, 0.3) is 0 Å². The molecule has 0 spiro atoms. The first-order valence-electron chi connectivity index (χ1n) is 10.3. The minimum absolute atomic E-state index is 0.0415. The second kappa shape index (κ2) is 7.82. The first-order chi connectivity index (χ1) is 15.0. The van der Waals surface area contributed by atoms with Gasteiger partial charge in [-0.25, -0.2) is 9.37 Å². The largest absolute Gasteiger partial charge is 0.323 e. The fourth-order valence-corrected chi connectivity index (χ4v) is 4.54. The van der Waals surface area contributed by atoms with Crippen molar-refractivity contribution >= 4 is 34.2 Å². The van der Waals surface area contributed by atoms with Gasteiger partial charge in [0.15, 0.2) is 0 Å². The molecule has 4 nitrogen and oxygen atoms in total. The third-order valence-corrected chi connectivity index (χ3v) is 6.40. The molecule has 1 fully saturated rings. The van der Waals surface area contributed by atoms with Crippen LogP contribution in [-0.4, -0.2) is 22.0 Å². The van der Waals surface area contributed by atoms with E-state index in [1.54, 1.807) is 17.0 Å². The summed E-state index contributed by atoms with van der Waals surface area (Å²) in [5.74, 6) is 0.509. The average Bonchev–Trinajstić information content (AvgIpc) is 3.32. The average molecular weight is 434 g/mol. The highest BCUT2D eigenvalue weighted by molar-refractivity contribution is 6.31. The summed E-state index contributed by atoms with van der Waals surface area (Å²) in [6, 6.07) is 20.2. The summed E-state index contributed by atoms with van der Waals surface area (Å²) in [6.45, 7) is 2.80. The van der Waals surface area contributed by atoms with E-state index in [0.29, 0.717) is 30.1 Å². The molecule has 6 heteroatoms. The monoisotopic (exact) mass is 433 g/mol. The maximum atomic E-state index is 14.4. The van der Waals surface area contributed by atoms with Gasteiger partial charge in [0.1, 0.15) is 11.6 Å². The van der Waals surface area contributed by atoms with Gasteiger partial charge in [0.2, 0.25) is 5.91 Å². The van der Waals surface area contributed by atoms with Gasteiger partial charge in [-0.2, -0.15) is 0 Å². The Bertz CT molecular complexity index is 1300. The lowest BCUT2D eigenvalue weighted by atomic mass is 10.1. The Morgan fingerprint density at radius 1 is 1.06 bits per heavy atom. The minimum atomic E-state index is -0.245. The molecule has 1 aliphatic rings. The van der Waals surface area contributed by atoms with E-state index in [4.69, 9.17) is 16.6 Å². The number of amides is 1. The van der Waals surface area contributed by atoms with Crippen molar-refractivity contribution in [2.24, 2.45) is 0 Å². The van der Waals surface area contributed by atoms with Gasteiger partial charge in [-0.15, -0.1) is 0 Å². The summed E-state index contributed by atoms with van der Waals surface area (Å²) in [6.07, 6.45) is 0.354. The lowest BCUT2D eigenvalue weighted by molar-refractivity contribution is -0.117. The van der Waals surface area contributed by atoms with Crippen molar-refractivity contribution in [2.75, 3.05) is 11.4 Å². The topological polar surface area (TPSA) is 38.1 Å². The molecule has 1 saturated heterocycles. The van der Waals surface area contributed by atoms with E-state index >= 15 is 0 Å². The Morgan fingerprint density at radius 3 is 2.68 bits per heavy atom. The van der Waals surface area contributed by atoms with E-state index in [1.165, 1.54) is 6.07 Å². The predicted molar refractivity (Wildman–Crippen MR) is 121 cm³/mol. The Labute approximate surface area is 184 Å². The SMILES string of the molecule is Cc1c(Cl)cccc1N1C[C@H](c2nc3ccccc3n2Cc2ccccc2F)CC1=O. The number of para-hydroxylation sites is 2. The van der Waals surface area contributed by atoms with Crippen LogP contribution in [0.5, 0.6) is 0 Å². The molecule has 0 aliphatic carbocycles. The molecule has 1 atom stereocenters. The van der Waals surface area contributed by atoms with E-state index in [1.807, 2.05) is 60.0 Å². The van der Waals surface area contributed by atoms with Crippen LogP contribution in [0.3, 0.4) is 0 Å². The van der Waals surface area contributed by atoms with E-state index in [-0.39, 0.29) is 17.6 Å². The molecule has 1 aliphatic heterocycles. The van der Waals surface area contributed by atoms with Gasteiger partial charge in [-0.1, -0.05) is 48.0 Å². The molecule has 0 N–H and O–H groups in total. The molecule has 0 unspecified atom stereocenters. The Kier molecular flexibility index (Phi) is 4.98. The fourth-order valence-electron chi connectivity index (χ4n) is 4.37. The van der Waals surface area contributed by atoms with Crippen molar-refractivity contribution in [2.45, 2.75) is 25.8 Å². The van der Waals surface area contributed by atoms with Gasteiger partial charge >= 0.3 is 0 Å². The van der Waals surface area contributed by atoms with Crippen LogP contribution in [-0.2, 0) is 11.3 Å². The lowest BCUT2D eigenvalue weighted by Crippen LogP contribution is -2.25.